The fourth-order valence-corrected chi connectivity index (χ4v) is 4.98. The molecule has 0 aliphatic rings. The zero-order chi connectivity index (χ0) is 14.8. The van der Waals surface area contributed by atoms with Gasteiger partial charge in [0.25, 0.3) is 0 Å². The van der Waals surface area contributed by atoms with Gasteiger partial charge in [-0.2, -0.15) is 0 Å². The van der Waals surface area contributed by atoms with E-state index in [0.717, 1.165) is 13.1 Å². The average Bonchev–Trinajstić information content (AvgIpc) is 2.56. The molecule has 0 fully saturated rings. The van der Waals surface area contributed by atoms with Gasteiger partial charge < -0.3 is 16.4 Å². The van der Waals surface area contributed by atoms with Crippen molar-refractivity contribution in [2.75, 3.05) is 13.1 Å². The molecule has 5 heteroatoms. The summed E-state index contributed by atoms with van der Waals surface area (Å²) in [5, 5.41) is 9.19. The van der Waals surface area contributed by atoms with Crippen LogP contribution in [0.5, 0.6) is 0 Å². The molecule has 0 N–H and O–H groups in total. The van der Waals surface area contributed by atoms with Gasteiger partial charge in [-0.3, -0.25) is 0 Å². The minimum Gasteiger partial charge on any atom is -0.512 e. The Balaban J connectivity index is 0. The molecule has 0 aromatic heterocycles. The number of hydrogen-bond acceptors (Lipinski definition) is 2. The third kappa shape index (κ3) is 6.55. The maximum absolute atomic E-state index is 6.25. The summed E-state index contributed by atoms with van der Waals surface area (Å²) in [7, 11) is -0.807. The quantitative estimate of drug-likeness (QED) is 0.523. The van der Waals surface area contributed by atoms with Gasteiger partial charge >= 0.3 is 18.9 Å². The Kier molecular flexibility index (Phi) is 14.8. The van der Waals surface area contributed by atoms with E-state index in [4.69, 9.17) is 11.8 Å². The first kappa shape index (κ1) is 23.5. The summed E-state index contributed by atoms with van der Waals surface area (Å²) >= 11 is 0. The summed E-state index contributed by atoms with van der Waals surface area (Å²) in [6.45, 7) is 11.5. The van der Waals surface area contributed by atoms with E-state index in [0.29, 0.717) is 0 Å². The van der Waals surface area contributed by atoms with E-state index >= 15 is 0 Å². The first-order valence-electron chi connectivity index (χ1n) is 6.82. The van der Waals surface area contributed by atoms with Gasteiger partial charge in [0.15, 0.2) is 0 Å². The fraction of sp³-hybridized carbons (Fsp3) is 0.235. The van der Waals surface area contributed by atoms with E-state index in [1.165, 1.54) is 10.4 Å². The van der Waals surface area contributed by atoms with Crippen LogP contribution in [0.2, 0.25) is 0 Å². The molecule has 0 spiro atoms. The molecular formula is C17H20CuLiN2Si. The van der Waals surface area contributed by atoms with Gasteiger partial charge in [0.05, 0.1) is 0 Å². The van der Waals surface area contributed by atoms with Crippen molar-refractivity contribution in [2.24, 2.45) is 0 Å². The molecule has 0 bridgehead atoms. The Morgan fingerprint density at radius 1 is 0.818 bits per heavy atom. The van der Waals surface area contributed by atoms with Crippen molar-refractivity contribution in [3.05, 3.63) is 67.2 Å². The topological polar surface area (TPSA) is 27.0 Å². The SMILES string of the molecule is CCN(CC)[Si](c1ccccc1)c1ccccc1.[C-]#N.[Cu].[Li+]. The predicted molar refractivity (Wildman–Crippen MR) is 85.8 cm³/mol. The predicted octanol–water partition coefficient (Wildman–Crippen LogP) is -0.768. The van der Waals surface area contributed by atoms with Crippen molar-refractivity contribution in [1.82, 2.24) is 4.57 Å². The van der Waals surface area contributed by atoms with Crippen molar-refractivity contribution in [1.29, 1.82) is 5.26 Å². The Morgan fingerprint density at radius 2 is 1.14 bits per heavy atom. The summed E-state index contributed by atoms with van der Waals surface area (Å²) in [6.07, 6.45) is 0. The van der Waals surface area contributed by atoms with Crippen LogP contribution in [0.15, 0.2) is 60.7 Å². The van der Waals surface area contributed by atoms with E-state index in [9.17, 15) is 0 Å². The molecule has 2 aromatic carbocycles. The van der Waals surface area contributed by atoms with Gasteiger partial charge in [-0.25, -0.2) is 0 Å². The second kappa shape index (κ2) is 13.9. The molecule has 0 saturated heterocycles. The normalized spacial score (nSPS) is 9.18. The van der Waals surface area contributed by atoms with Crippen molar-refractivity contribution in [3.63, 3.8) is 0 Å². The molecule has 0 saturated carbocycles. The van der Waals surface area contributed by atoms with Gasteiger partial charge in [0.1, 0.15) is 0 Å². The summed E-state index contributed by atoms with van der Waals surface area (Å²) < 4.78 is 2.59. The van der Waals surface area contributed by atoms with Crippen molar-refractivity contribution in [2.45, 2.75) is 13.8 Å². The molecule has 0 heterocycles. The number of nitrogens with zero attached hydrogens (tertiary/aromatic N) is 2. The maximum atomic E-state index is 6.25. The summed E-state index contributed by atoms with van der Waals surface area (Å²) in [4.78, 5) is 0. The minimum absolute atomic E-state index is 0. The second-order valence-corrected chi connectivity index (χ2v) is 6.74. The Morgan fingerprint density at radius 3 is 1.41 bits per heavy atom. The molecule has 0 amide bonds. The summed E-state index contributed by atoms with van der Waals surface area (Å²) in [5.74, 6) is 0. The number of rotatable bonds is 5. The maximum Gasteiger partial charge on any atom is 1.00 e. The van der Waals surface area contributed by atoms with Crippen LogP contribution in [0.4, 0.5) is 0 Å². The molecule has 2 nitrogen and oxygen atoms in total. The average molecular weight is 351 g/mol. The van der Waals surface area contributed by atoms with Crippen molar-refractivity contribution in [3.8, 4) is 0 Å². The largest absolute Gasteiger partial charge is 1.00 e. The summed E-state index contributed by atoms with van der Waals surface area (Å²) in [5.41, 5.74) is 0. The van der Waals surface area contributed by atoms with Crippen molar-refractivity contribution < 1.29 is 35.9 Å². The van der Waals surface area contributed by atoms with Gasteiger partial charge in [-0.1, -0.05) is 74.5 Å². The van der Waals surface area contributed by atoms with E-state index in [1.54, 1.807) is 0 Å². The molecule has 22 heavy (non-hydrogen) atoms. The van der Waals surface area contributed by atoms with E-state index < -0.39 is 8.96 Å². The Labute approximate surface area is 158 Å². The minimum atomic E-state index is -0.807. The van der Waals surface area contributed by atoms with E-state index in [1.807, 2.05) is 0 Å². The summed E-state index contributed by atoms with van der Waals surface area (Å²) in [6, 6.07) is 21.8. The van der Waals surface area contributed by atoms with Gasteiger partial charge in [-0.05, 0) is 23.5 Å². The molecule has 2 aromatic rings. The van der Waals surface area contributed by atoms with Gasteiger partial charge in [0.2, 0.25) is 8.96 Å². The molecule has 2 radical (unpaired) electrons. The van der Waals surface area contributed by atoms with Crippen LogP contribution in [0.3, 0.4) is 0 Å². The van der Waals surface area contributed by atoms with Gasteiger partial charge in [-0.15, -0.1) is 0 Å². The molecule has 2 rings (SSSR count). The van der Waals surface area contributed by atoms with E-state index in [-0.39, 0.29) is 35.9 Å². The first-order valence-corrected chi connectivity index (χ1v) is 8.26. The Bertz CT molecular complexity index is 464. The van der Waals surface area contributed by atoms with Crippen LogP contribution in [-0.4, -0.2) is 26.6 Å². The number of hydrogen-bond donors (Lipinski definition) is 0. The van der Waals surface area contributed by atoms with Crippen LogP contribution in [0.1, 0.15) is 13.8 Å². The standard InChI is InChI=1S/C16H20NSi.CN.Cu.Li/c1-3-17(4-2)18(15-11-7-5-8-12-15)16-13-9-6-10-14-16;1-2;;/h5-14H,3-4H2,1-2H3;;;/q;-1;;+1. The van der Waals surface area contributed by atoms with Crippen LogP contribution >= 0.6 is 0 Å². The van der Waals surface area contributed by atoms with Crippen LogP contribution in [-0.2, 0) is 17.1 Å². The smallest absolute Gasteiger partial charge is 0.512 e. The molecule has 0 unspecified atom stereocenters. The molecule has 114 valence electrons. The first-order chi connectivity index (χ1) is 9.86. The molecule has 0 aliphatic heterocycles. The Hall–Kier alpha value is -0.776. The monoisotopic (exact) mass is 350 g/mol. The molecule has 0 aliphatic carbocycles. The van der Waals surface area contributed by atoms with Gasteiger partial charge in [0, 0.05) is 17.1 Å². The van der Waals surface area contributed by atoms with Crippen LogP contribution in [0, 0.1) is 11.8 Å². The van der Waals surface area contributed by atoms with Crippen LogP contribution < -0.4 is 29.2 Å². The van der Waals surface area contributed by atoms with E-state index in [2.05, 4.69) is 79.1 Å². The zero-order valence-corrected chi connectivity index (χ0v) is 15.3. The third-order valence-electron chi connectivity index (χ3n) is 3.17. The third-order valence-corrected chi connectivity index (χ3v) is 6.20. The second-order valence-electron chi connectivity index (χ2n) is 4.25. The van der Waals surface area contributed by atoms with Crippen molar-refractivity contribution >= 4 is 19.3 Å². The fourth-order valence-electron chi connectivity index (χ4n) is 2.26. The number of benzene rings is 2. The molecule has 0 atom stereocenters. The molecular weight excluding hydrogens is 331 g/mol. The zero-order valence-electron chi connectivity index (χ0n) is 13.4. The van der Waals surface area contributed by atoms with Crippen LogP contribution in [0.25, 0.3) is 0 Å².